The summed E-state index contributed by atoms with van der Waals surface area (Å²) in [5, 5.41) is 7.38. The van der Waals surface area contributed by atoms with Gasteiger partial charge in [-0.3, -0.25) is 9.78 Å². The van der Waals surface area contributed by atoms with Crippen LogP contribution in [0, 0.1) is 13.8 Å². The van der Waals surface area contributed by atoms with E-state index >= 15 is 0 Å². The number of anilines is 2. The van der Waals surface area contributed by atoms with E-state index in [2.05, 4.69) is 15.5 Å². The lowest BCUT2D eigenvalue weighted by Crippen LogP contribution is -2.14. The molecule has 0 bridgehead atoms. The van der Waals surface area contributed by atoms with Gasteiger partial charge in [-0.15, -0.1) is 0 Å². The van der Waals surface area contributed by atoms with E-state index < -0.39 is 16.6 Å². The Kier molecular flexibility index (Phi) is 4.41. The van der Waals surface area contributed by atoms with E-state index in [0.29, 0.717) is 33.7 Å². The molecule has 0 spiro atoms. The quantitative estimate of drug-likeness (QED) is 0.592. The van der Waals surface area contributed by atoms with Gasteiger partial charge in [-0.05, 0) is 31.0 Å². The van der Waals surface area contributed by atoms with E-state index in [4.69, 9.17) is 10.3 Å². The van der Waals surface area contributed by atoms with Gasteiger partial charge in [0.1, 0.15) is 10.7 Å². The normalized spacial score (nSPS) is 11.2. The number of hydrogen-bond donors (Lipinski definition) is 3. The minimum absolute atomic E-state index is 0.103. The van der Waals surface area contributed by atoms with Gasteiger partial charge in [0.15, 0.2) is 0 Å². The number of rotatable bonds is 5. The maximum absolute atomic E-state index is 11.8. The molecule has 0 radical (unpaired) electrons. The Morgan fingerprint density at radius 1 is 1.28 bits per heavy atom. The standard InChI is InChI=1S/C16H16N4O4S/c1-8-3-10(7-25(22)23)5-11-14(8)18-6-12(16(17)21)15(11)19-13-4-9(2)20-24-13/h3-6,25H,7H2,1-2H3,(H2,17,21)(H,18,19). The molecule has 0 aliphatic carbocycles. The zero-order chi connectivity index (χ0) is 18.1. The van der Waals surface area contributed by atoms with Crippen molar-refractivity contribution in [2.24, 2.45) is 5.73 Å². The first-order chi connectivity index (χ1) is 11.8. The number of primary amides is 1. The highest BCUT2D eigenvalue weighted by Crippen LogP contribution is 2.32. The number of carbonyl (C=O) groups is 1. The Morgan fingerprint density at radius 3 is 2.64 bits per heavy atom. The minimum Gasteiger partial charge on any atom is -0.365 e. The van der Waals surface area contributed by atoms with Crippen LogP contribution in [-0.2, 0) is 16.5 Å². The maximum Gasteiger partial charge on any atom is 0.252 e. The van der Waals surface area contributed by atoms with E-state index in [1.165, 1.54) is 6.20 Å². The van der Waals surface area contributed by atoms with Crippen molar-refractivity contribution >= 4 is 39.1 Å². The second kappa shape index (κ2) is 6.52. The van der Waals surface area contributed by atoms with Crippen molar-refractivity contribution < 1.29 is 17.7 Å². The van der Waals surface area contributed by atoms with Gasteiger partial charge in [0.2, 0.25) is 5.88 Å². The van der Waals surface area contributed by atoms with Gasteiger partial charge < -0.3 is 15.6 Å². The van der Waals surface area contributed by atoms with Crippen LogP contribution in [0.15, 0.2) is 28.9 Å². The Bertz CT molecular complexity index is 1050. The molecule has 9 heteroatoms. The summed E-state index contributed by atoms with van der Waals surface area (Å²) in [6.45, 7) is 3.59. The average Bonchev–Trinajstić information content (AvgIpc) is 2.92. The van der Waals surface area contributed by atoms with Crippen molar-refractivity contribution in [1.82, 2.24) is 10.1 Å². The Balaban J connectivity index is 2.26. The van der Waals surface area contributed by atoms with Crippen molar-refractivity contribution in [2.75, 3.05) is 5.32 Å². The fourth-order valence-electron chi connectivity index (χ4n) is 2.66. The number of carbonyl (C=O) groups excluding carboxylic acids is 1. The first-order valence-electron chi connectivity index (χ1n) is 7.39. The van der Waals surface area contributed by atoms with E-state index in [0.717, 1.165) is 5.56 Å². The van der Waals surface area contributed by atoms with E-state index in [1.54, 1.807) is 25.1 Å². The number of nitrogens with zero attached hydrogens (tertiary/aromatic N) is 2. The van der Waals surface area contributed by atoms with Gasteiger partial charge in [-0.1, -0.05) is 11.2 Å². The number of hydrogen-bond acceptors (Lipinski definition) is 7. The second-order valence-electron chi connectivity index (χ2n) is 5.67. The highest BCUT2D eigenvalue weighted by atomic mass is 32.2. The number of nitrogens with two attached hydrogens (primary N) is 1. The molecule has 3 rings (SSSR count). The number of aryl methyl sites for hydroxylation is 2. The molecule has 0 saturated heterocycles. The number of benzene rings is 1. The lowest BCUT2D eigenvalue weighted by Gasteiger charge is -2.13. The van der Waals surface area contributed by atoms with Crippen LogP contribution in [0.1, 0.15) is 27.2 Å². The smallest absolute Gasteiger partial charge is 0.252 e. The third-order valence-electron chi connectivity index (χ3n) is 3.67. The first-order valence-corrected chi connectivity index (χ1v) is 8.75. The third-order valence-corrected chi connectivity index (χ3v) is 4.30. The molecule has 130 valence electrons. The minimum atomic E-state index is -2.58. The van der Waals surface area contributed by atoms with Crippen LogP contribution >= 0.6 is 0 Å². The maximum atomic E-state index is 11.8. The fourth-order valence-corrected chi connectivity index (χ4v) is 3.14. The second-order valence-corrected chi connectivity index (χ2v) is 6.65. The zero-order valence-electron chi connectivity index (χ0n) is 13.6. The van der Waals surface area contributed by atoms with Crippen LogP contribution < -0.4 is 11.1 Å². The molecular weight excluding hydrogens is 344 g/mol. The molecule has 0 aliphatic heterocycles. The molecule has 0 saturated carbocycles. The fraction of sp³-hybridized carbons (Fsp3) is 0.188. The zero-order valence-corrected chi connectivity index (χ0v) is 14.5. The topological polar surface area (TPSA) is 128 Å². The van der Waals surface area contributed by atoms with Crippen LogP contribution in [0.5, 0.6) is 0 Å². The number of nitrogens with one attached hydrogen (secondary N) is 1. The van der Waals surface area contributed by atoms with Crippen molar-refractivity contribution in [2.45, 2.75) is 19.6 Å². The average molecular weight is 360 g/mol. The molecule has 0 fully saturated rings. The number of fused-ring (bicyclic) bond motifs is 1. The van der Waals surface area contributed by atoms with Crippen molar-refractivity contribution in [3.8, 4) is 0 Å². The molecule has 8 nitrogen and oxygen atoms in total. The number of amides is 1. The summed E-state index contributed by atoms with van der Waals surface area (Å²) in [4.78, 5) is 16.1. The SMILES string of the molecule is Cc1cc(Nc2c(C(N)=O)cnc3c(C)cc(C[SH](=O)=O)cc23)on1. The van der Waals surface area contributed by atoms with Gasteiger partial charge in [0, 0.05) is 17.6 Å². The van der Waals surface area contributed by atoms with Gasteiger partial charge in [-0.2, -0.15) is 0 Å². The number of pyridine rings is 1. The van der Waals surface area contributed by atoms with Gasteiger partial charge >= 0.3 is 0 Å². The van der Waals surface area contributed by atoms with Crippen LogP contribution in [0.4, 0.5) is 11.6 Å². The van der Waals surface area contributed by atoms with Crippen LogP contribution in [-0.4, -0.2) is 24.5 Å². The molecule has 0 aliphatic rings. The van der Waals surface area contributed by atoms with Crippen LogP contribution in [0.3, 0.4) is 0 Å². The molecule has 2 heterocycles. The summed E-state index contributed by atoms with van der Waals surface area (Å²) in [5.41, 5.74) is 8.72. The summed E-state index contributed by atoms with van der Waals surface area (Å²) in [7, 11) is -2.58. The Labute approximate surface area is 145 Å². The molecule has 0 atom stereocenters. The molecule has 0 unspecified atom stereocenters. The summed E-state index contributed by atoms with van der Waals surface area (Å²) >= 11 is 0. The molecule has 3 aromatic rings. The predicted octanol–water partition coefficient (Wildman–Crippen LogP) is 1.79. The Morgan fingerprint density at radius 2 is 2.04 bits per heavy atom. The van der Waals surface area contributed by atoms with Crippen molar-refractivity contribution in [3.05, 3.63) is 46.8 Å². The van der Waals surface area contributed by atoms with Gasteiger partial charge in [0.05, 0.1) is 28.2 Å². The van der Waals surface area contributed by atoms with Gasteiger partial charge in [-0.25, -0.2) is 8.42 Å². The highest BCUT2D eigenvalue weighted by Gasteiger charge is 2.17. The lowest BCUT2D eigenvalue weighted by molar-refractivity contribution is 0.100. The summed E-state index contributed by atoms with van der Waals surface area (Å²) in [5.74, 6) is -0.426. The largest absolute Gasteiger partial charge is 0.365 e. The van der Waals surface area contributed by atoms with Crippen molar-refractivity contribution in [1.29, 1.82) is 0 Å². The van der Waals surface area contributed by atoms with E-state index in [9.17, 15) is 13.2 Å². The Hall–Kier alpha value is -2.94. The number of aromatic nitrogens is 2. The lowest BCUT2D eigenvalue weighted by atomic mass is 10.0. The van der Waals surface area contributed by atoms with E-state index in [1.807, 2.05) is 6.92 Å². The monoisotopic (exact) mass is 360 g/mol. The van der Waals surface area contributed by atoms with E-state index in [-0.39, 0.29) is 11.3 Å². The predicted molar refractivity (Wildman–Crippen MR) is 93.5 cm³/mol. The van der Waals surface area contributed by atoms with Crippen molar-refractivity contribution in [3.63, 3.8) is 0 Å². The highest BCUT2D eigenvalue weighted by molar-refractivity contribution is 7.71. The molecular formula is C16H16N4O4S. The number of thiol groups is 1. The van der Waals surface area contributed by atoms with Crippen LogP contribution in [0.2, 0.25) is 0 Å². The summed E-state index contributed by atoms with van der Waals surface area (Å²) < 4.78 is 27.3. The summed E-state index contributed by atoms with van der Waals surface area (Å²) in [6, 6.07) is 5.10. The first kappa shape index (κ1) is 16.9. The van der Waals surface area contributed by atoms with Crippen LogP contribution in [0.25, 0.3) is 10.9 Å². The molecule has 1 aromatic carbocycles. The summed E-state index contributed by atoms with van der Waals surface area (Å²) in [6.07, 6.45) is 1.39. The third kappa shape index (κ3) is 3.45. The molecule has 1 amide bonds. The molecule has 2 aromatic heterocycles. The molecule has 3 N–H and O–H groups in total. The molecule has 25 heavy (non-hydrogen) atoms. The van der Waals surface area contributed by atoms with Gasteiger partial charge in [0.25, 0.3) is 5.91 Å².